The molecule has 1 aromatic rings. The van der Waals surface area contributed by atoms with Crippen molar-refractivity contribution in [3.63, 3.8) is 0 Å². The van der Waals surface area contributed by atoms with Crippen molar-refractivity contribution in [2.45, 2.75) is 46.6 Å². The Hall–Kier alpha value is -1.02. The van der Waals surface area contributed by atoms with E-state index >= 15 is 0 Å². The monoisotopic (exact) mass is 249 g/mol. The fourth-order valence-electron chi connectivity index (χ4n) is 1.77. The number of hydrogen-bond acceptors (Lipinski definition) is 2. The molecule has 0 radical (unpaired) electrons. The van der Waals surface area contributed by atoms with Crippen LogP contribution in [0.1, 0.15) is 39.7 Å². The van der Waals surface area contributed by atoms with Gasteiger partial charge in [-0.15, -0.1) is 0 Å². The molecule has 0 aliphatic carbocycles. The van der Waals surface area contributed by atoms with Gasteiger partial charge in [0.1, 0.15) is 11.9 Å². The summed E-state index contributed by atoms with van der Waals surface area (Å²) in [4.78, 5) is 0. The molecule has 0 heterocycles. The van der Waals surface area contributed by atoms with Crippen LogP contribution in [0.5, 0.6) is 5.75 Å². The Kier molecular flexibility index (Phi) is 6.81. The van der Waals surface area contributed by atoms with E-state index in [0.29, 0.717) is 0 Å². The molecule has 0 spiro atoms. The van der Waals surface area contributed by atoms with Crippen molar-refractivity contribution in [1.29, 1.82) is 0 Å². The van der Waals surface area contributed by atoms with Gasteiger partial charge in [0.2, 0.25) is 0 Å². The van der Waals surface area contributed by atoms with Crippen molar-refractivity contribution in [2.75, 3.05) is 13.1 Å². The molecule has 0 aliphatic heterocycles. The van der Waals surface area contributed by atoms with E-state index in [-0.39, 0.29) is 6.10 Å². The summed E-state index contributed by atoms with van der Waals surface area (Å²) in [6, 6.07) is 8.38. The van der Waals surface area contributed by atoms with Gasteiger partial charge in [-0.3, -0.25) is 0 Å². The zero-order valence-corrected chi connectivity index (χ0v) is 12.2. The number of aryl methyl sites for hydroxylation is 1. The van der Waals surface area contributed by atoms with Gasteiger partial charge in [0.25, 0.3) is 0 Å². The van der Waals surface area contributed by atoms with Gasteiger partial charge in [-0.2, -0.15) is 0 Å². The first-order valence-electron chi connectivity index (χ1n) is 7.08. The van der Waals surface area contributed by atoms with Crippen molar-refractivity contribution in [3.05, 3.63) is 29.8 Å². The lowest BCUT2D eigenvalue weighted by Crippen LogP contribution is -2.30. The third-order valence-corrected chi connectivity index (χ3v) is 3.00. The van der Waals surface area contributed by atoms with E-state index in [4.69, 9.17) is 4.74 Å². The molecule has 0 bridgehead atoms. The van der Waals surface area contributed by atoms with Gasteiger partial charge in [-0.1, -0.05) is 32.9 Å². The standard InChI is InChI=1S/C16H27NO/c1-5-15-6-8-16(9-7-15)18-14(4)12-17-11-10-13(2)3/h6-9,13-14,17H,5,10-12H2,1-4H3. The van der Waals surface area contributed by atoms with Crippen molar-refractivity contribution in [3.8, 4) is 5.75 Å². The summed E-state index contributed by atoms with van der Waals surface area (Å²) in [7, 11) is 0. The zero-order chi connectivity index (χ0) is 13.4. The van der Waals surface area contributed by atoms with E-state index in [1.807, 2.05) is 0 Å². The maximum Gasteiger partial charge on any atom is 0.119 e. The van der Waals surface area contributed by atoms with Crippen LogP contribution in [0.25, 0.3) is 0 Å². The van der Waals surface area contributed by atoms with Crippen LogP contribution in [-0.4, -0.2) is 19.2 Å². The molecule has 2 heteroatoms. The van der Waals surface area contributed by atoms with Crippen LogP contribution in [0, 0.1) is 5.92 Å². The second-order valence-corrected chi connectivity index (χ2v) is 5.31. The normalized spacial score (nSPS) is 12.7. The highest BCUT2D eigenvalue weighted by molar-refractivity contribution is 5.27. The molecule has 0 aliphatic rings. The molecular formula is C16H27NO. The summed E-state index contributed by atoms with van der Waals surface area (Å²) < 4.78 is 5.86. The molecule has 0 amide bonds. The lowest BCUT2D eigenvalue weighted by Gasteiger charge is -2.16. The molecule has 0 aromatic heterocycles. The van der Waals surface area contributed by atoms with Crippen molar-refractivity contribution in [1.82, 2.24) is 5.32 Å². The van der Waals surface area contributed by atoms with Crippen LogP contribution in [-0.2, 0) is 6.42 Å². The Morgan fingerprint density at radius 2 is 1.78 bits per heavy atom. The quantitative estimate of drug-likeness (QED) is 0.710. The Balaban J connectivity index is 2.24. The Morgan fingerprint density at radius 3 is 2.33 bits per heavy atom. The lowest BCUT2D eigenvalue weighted by molar-refractivity contribution is 0.216. The molecule has 1 N–H and O–H groups in total. The third-order valence-electron chi connectivity index (χ3n) is 3.00. The summed E-state index contributed by atoms with van der Waals surface area (Å²) in [5.74, 6) is 1.72. The molecule has 0 saturated carbocycles. The maximum atomic E-state index is 5.86. The largest absolute Gasteiger partial charge is 0.489 e. The number of benzene rings is 1. The average Bonchev–Trinajstić information content (AvgIpc) is 2.35. The fraction of sp³-hybridized carbons (Fsp3) is 0.625. The number of hydrogen-bond donors (Lipinski definition) is 1. The zero-order valence-electron chi connectivity index (χ0n) is 12.2. The van der Waals surface area contributed by atoms with Crippen molar-refractivity contribution in [2.24, 2.45) is 5.92 Å². The molecule has 1 rings (SSSR count). The van der Waals surface area contributed by atoms with Gasteiger partial charge in [-0.25, -0.2) is 0 Å². The minimum absolute atomic E-state index is 0.213. The highest BCUT2D eigenvalue weighted by atomic mass is 16.5. The second-order valence-electron chi connectivity index (χ2n) is 5.31. The molecule has 0 saturated heterocycles. The van der Waals surface area contributed by atoms with E-state index in [1.54, 1.807) is 0 Å². The average molecular weight is 249 g/mol. The van der Waals surface area contributed by atoms with Crippen LogP contribution in [0.2, 0.25) is 0 Å². The highest BCUT2D eigenvalue weighted by Crippen LogP contribution is 2.14. The fourth-order valence-corrected chi connectivity index (χ4v) is 1.77. The van der Waals surface area contributed by atoms with Gasteiger partial charge in [0, 0.05) is 6.54 Å². The van der Waals surface area contributed by atoms with Crippen LogP contribution < -0.4 is 10.1 Å². The van der Waals surface area contributed by atoms with Gasteiger partial charge in [0.15, 0.2) is 0 Å². The molecule has 1 aromatic carbocycles. The van der Waals surface area contributed by atoms with Crippen LogP contribution in [0.15, 0.2) is 24.3 Å². The molecule has 1 unspecified atom stereocenters. The molecule has 102 valence electrons. The predicted octanol–water partition coefficient (Wildman–Crippen LogP) is 3.65. The third kappa shape index (κ3) is 6.06. The van der Waals surface area contributed by atoms with E-state index < -0.39 is 0 Å². The number of rotatable bonds is 8. The van der Waals surface area contributed by atoms with E-state index in [2.05, 4.69) is 57.3 Å². The highest BCUT2D eigenvalue weighted by Gasteiger charge is 2.03. The molecule has 18 heavy (non-hydrogen) atoms. The van der Waals surface area contributed by atoms with Crippen molar-refractivity contribution < 1.29 is 4.74 Å². The molecule has 2 nitrogen and oxygen atoms in total. The first-order valence-corrected chi connectivity index (χ1v) is 7.08. The number of nitrogens with one attached hydrogen (secondary N) is 1. The summed E-state index contributed by atoms with van der Waals surface area (Å²) >= 11 is 0. The summed E-state index contributed by atoms with van der Waals surface area (Å²) in [5.41, 5.74) is 1.35. The predicted molar refractivity (Wildman–Crippen MR) is 78.2 cm³/mol. The molecule has 1 atom stereocenters. The SMILES string of the molecule is CCc1ccc(OC(C)CNCCC(C)C)cc1. The second kappa shape index (κ2) is 8.15. The Labute approximate surface area is 112 Å². The van der Waals surface area contributed by atoms with Gasteiger partial charge < -0.3 is 10.1 Å². The Bertz CT molecular complexity index is 318. The first kappa shape index (κ1) is 15.0. The maximum absolute atomic E-state index is 5.86. The first-order chi connectivity index (χ1) is 8.61. The van der Waals surface area contributed by atoms with Crippen molar-refractivity contribution >= 4 is 0 Å². The van der Waals surface area contributed by atoms with Crippen LogP contribution in [0.3, 0.4) is 0 Å². The van der Waals surface area contributed by atoms with Gasteiger partial charge in [0.05, 0.1) is 0 Å². The van der Waals surface area contributed by atoms with E-state index in [0.717, 1.165) is 31.2 Å². The topological polar surface area (TPSA) is 21.3 Å². The summed E-state index contributed by atoms with van der Waals surface area (Å²) in [6.07, 6.45) is 2.51. The van der Waals surface area contributed by atoms with Gasteiger partial charge in [-0.05, 0) is 49.9 Å². The number of ether oxygens (including phenoxy) is 1. The summed E-state index contributed by atoms with van der Waals surface area (Å²) in [5, 5.41) is 3.43. The summed E-state index contributed by atoms with van der Waals surface area (Å²) in [6.45, 7) is 10.7. The van der Waals surface area contributed by atoms with E-state index in [9.17, 15) is 0 Å². The lowest BCUT2D eigenvalue weighted by atomic mass is 10.1. The minimum atomic E-state index is 0.213. The molecule has 0 fully saturated rings. The molecular weight excluding hydrogens is 222 g/mol. The smallest absolute Gasteiger partial charge is 0.119 e. The minimum Gasteiger partial charge on any atom is -0.489 e. The van der Waals surface area contributed by atoms with Crippen LogP contribution >= 0.6 is 0 Å². The van der Waals surface area contributed by atoms with Gasteiger partial charge >= 0.3 is 0 Å². The van der Waals surface area contributed by atoms with E-state index in [1.165, 1.54) is 12.0 Å². The Morgan fingerprint density at radius 1 is 1.11 bits per heavy atom. The van der Waals surface area contributed by atoms with Crippen LogP contribution in [0.4, 0.5) is 0 Å².